The average Bonchev–Trinajstić information content (AvgIpc) is 2.85. The number of thioether (sulfide) groups is 1. The van der Waals surface area contributed by atoms with Crippen LogP contribution in [0.25, 0.3) is 6.08 Å². The van der Waals surface area contributed by atoms with Crippen molar-refractivity contribution in [3.8, 4) is 0 Å². The predicted molar refractivity (Wildman–Crippen MR) is 99.7 cm³/mol. The second-order valence-electron chi connectivity index (χ2n) is 5.50. The van der Waals surface area contributed by atoms with Crippen molar-refractivity contribution in [1.82, 2.24) is 4.90 Å². The maximum atomic E-state index is 12.4. The number of nitro benzene ring substituents is 1. The van der Waals surface area contributed by atoms with Gasteiger partial charge >= 0.3 is 0 Å². The minimum atomic E-state index is -0.451. The Labute approximate surface area is 149 Å². The highest BCUT2D eigenvalue weighted by Gasteiger charge is 2.30. The maximum absolute atomic E-state index is 12.4. The summed E-state index contributed by atoms with van der Waals surface area (Å²) in [4.78, 5) is 29.3. The van der Waals surface area contributed by atoms with Crippen LogP contribution >= 0.6 is 11.8 Å². The molecule has 1 heterocycles. The molecule has 0 atom stereocenters. The van der Waals surface area contributed by atoms with Gasteiger partial charge in [-0.3, -0.25) is 19.8 Å². The Bertz CT molecular complexity index is 904. The van der Waals surface area contributed by atoms with E-state index in [1.807, 2.05) is 31.2 Å². The summed E-state index contributed by atoms with van der Waals surface area (Å²) in [5, 5.41) is 11.3. The van der Waals surface area contributed by atoms with Crippen LogP contribution in [0, 0.1) is 17.0 Å². The largest absolute Gasteiger partial charge is 0.290 e. The molecule has 0 aromatic heterocycles. The lowest BCUT2D eigenvalue weighted by Crippen LogP contribution is -2.23. The topological polar surface area (TPSA) is 75.8 Å². The van der Waals surface area contributed by atoms with Crippen molar-refractivity contribution in [3.63, 3.8) is 0 Å². The van der Waals surface area contributed by atoms with Crippen molar-refractivity contribution in [2.24, 2.45) is 4.99 Å². The molecule has 0 unspecified atom stereocenters. The molecule has 7 heteroatoms. The molecule has 0 saturated carbocycles. The van der Waals surface area contributed by atoms with Crippen molar-refractivity contribution in [3.05, 3.63) is 74.7 Å². The molecular weight excluding hydrogens is 338 g/mol. The van der Waals surface area contributed by atoms with Crippen LogP contribution in [0.2, 0.25) is 0 Å². The Morgan fingerprint density at radius 2 is 1.84 bits per heavy atom. The van der Waals surface area contributed by atoms with Gasteiger partial charge in [-0.25, -0.2) is 4.99 Å². The molecule has 0 radical (unpaired) electrons. The van der Waals surface area contributed by atoms with Gasteiger partial charge in [0.15, 0.2) is 5.17 Å². The van der Waals surface area contributed by atoms with E-state index in [0.717, 1.165) is 16.8 Å². The Morgan fingerprint density at radius 1 is 1.16 bits per heavy atom. The summed E-state index contributed by atoms with van der Waals surface area (Å²) in [7, 11) is 1.68. The lowest BCUT2D eigenvalue weighted by molar-refractivity contribution is -0.384. The van der Waals surface area contributed by atoms with Gasteiger partial charge in [0.25, 0.3) is 11.6 Å². The first-order valence-corrected chi connectivity index (χ1v) is 8.34. The molecule has 1 saturated heterocycles. The first-order valence-electron chi connectivity index (χ1n) is 7.52. The van der Waals surface area contributed by atoms with Crippen molar-refractivity contribution in [2.45, 2.75) is 6.92 Å². The molecule has 1 aliphatic heterocycles. The molecule has 0 aliphatic carbocycles. The summed E-state index contributed by atoms with van der Waals surface area (Å²) in [6.45, 7) is 1.97. The van der Waals surface area contributed by atoms with E-state index in [9.17, 15) is 14.9 Å². The zero-order valence-corrected chi connectivity index (χ0v) is 14.5. The predicted octanol–water partition coefficient (Wildman–Crippen LogP) is 4.14. The molecule has 2 aromatic rings. The van der Waals surface area contributed by atoms with E-state index < -0.39 is 4.92 Å². The number of aryl methyl sites for hydroxylation is 1. The number of benzene rings is 2. The number of para-hydroxylation sites is 1. The van der Waals surface area contributed by atoms with E-state index in [0.29, 0.717) is 10.1 Å². The third-order valence-corrected chi connectivity index (χ3v) is 4.80. The number of amides is 1. The lowest BCUT2D eigenvalue weighted by Gasteiger charge is -2.08. The molecule has 1 amide bonds. The number of nitrogens with zero attached hydrogens (tertiary/aromatic N) is 3. The molecule has 0 bridgehead atoms. The van der Waals surface area contributed by atoms with Crippen LogP contribution in [0.1, 0.15) is 11.1 Å². The fraction of sp³-hybridized carbons (Fsp3) is 0.111. The van der Waals surface area contributed by atoms with E-state index >= 15 is 0 Å². The van der Waals surface area contributed by atoms with Crippen LogP contribution in [0.15, 0.2) is 58.4 Å². The molecule has 1 fully saturated rings. The van der Waals surface area contributed by atoms with Crippen LogP contribution in [0.3, 0.4) is 0 Å². The molecule has 1 aliphatic rings. The average molecular weight is 353 g/mol. The normalized spacial score (nSPS) is 17.5. The molecule has 2 aromatic carbocycles. The van der Waals surface area contributed by atoms with Crippen LogP contribution < -0.4 is 0 Å². The second kappa shape index (κ2) is 6.90. The minimum Gasteiger partial charge on any atom is -0.290 e. The summed E-state index contributed by atoms with van der Waals surface area (Å²) < 4.78 is 0. The number of aliphatic imine (C=N–C) groups is 1. The molecule has 25 heavy (non-hydrogen) atoms. The Kier molecular flexibility index (Phi) is 4.67. The Hall–Kier alpha value is -2.93. The summed E-state index contributed by atoms with van der Waals surface area (Å²) in [6, 6.07) is 13.8. The van der Waals surface area contributed by atoms with Gasteiger partial charge in [-0.15, -0.1) is 0 Å². The number of amidine groups is 1. The van der Waals surface area contributed by atoms with Gasteiger partial charge in [0, 0.05) is 19.2 Å². The molecular formula is C18H15N3O3S. The number of rotatable bonds is 3. The van der Waals surface area contributed by atoms with E-state index in [-0.39, 0.29) is 11.6 Å². The fourth-order valence-corrected chi connectivity index (χ4v) is 3.27. The van der Waals surface area contributed by atoms with E-state index in [2.05, 4.69) is 4.99 Å². The molecule has 3 rings (SSSR count). The first-order chi connectivity index (χ1) is 12.0. The number of non-ortho nitro benzene ring substituents is 1. The molecule has 0 spiro atoms. The highest BCUT2D eigenvalue weighted by atomic mass is 32.2. The highest BCUT2D eigenvalue weighted by molar-refractivity contribution is 8.18. The van der Waals surface area contributed by atoms with Crippen LogP contribution in [-0.4, -0.2) is 27.9 Å². The van der Waals surface area contributed by atoms with E-state index in [1.165, 1.54) is 28.8 Å². The number of hydrogen-bond acceptors (Lipinski definition) is 5. The molecule has 6 nitrogen and oxygen atoms in total. The zero-order valence-electron chi connectivity index (χ0n) is 13.7. The number of likely N-dealkylation sites (N-methyl/N-ethyl adjacent to an activating group) is 1. The number of carbonyl (C=O) groups excluding carboxylic acids is 1. The van der Waals surface area contributed by atoms with Crippen molar-refractivity contribution >= 4 is 40.3 Å². The maximum Gasteiger partial charge on any atom is 0.269 e. The molecule has 126 valence electrons. The van der Waals surface area contributed by atoms with Gasteiger partial charge in [-0.05, 0) is 54.1 Å². The number of carbonyl (C=O) groups is 1. The number of hydrogen-bond donors (Lipinski definition) is 0. The van der Waals surface area contributed by atoms with Gasteiger partial charge in [-0.1, -0.05) is 18.2 Å². The monoisotopic (exact) mass is 353 g/mol. The Balaban J connectivity index is 1.88. The van der Waals surface area contributed by atoms with Gasteiger partial charge < -0.3 is 0 Å². The van der Waals surface area contributed by atoms with Crippen LogP contribution in [0.5, 0.6) is 0 Å². The summed E-state index contributed by atoms with van der Waals surface area (Å²) >= 11 is 1.29. The van der Waals surface area contributed by atoms with Gasteiger partial charge in [0.05, 0.1) is 15.5 Å². The summed E-state index contributed by atoms with van der Waals surface area (Å²) in [6.07, 6.45) is 1.72. The van der Waals surface area contributed by atoms with Gasteiger partial charge in [0.1, 0.15) is 0 Å². The Morgan fingerprint density at radius 3 is 2.48 bits per heavy atom. The summed E-state index contributed by atoms with van der Waals surface area (Å²) in [5.41, 5.74) is 2.60. The quantitative estimate of drug-likeness (QED) is 0.472. The SMILES string of the molecule is Cc1ccccc1N=C1S/C(=C/c2ccc([N+](=O)[O-])cc2)C(=O)N1C. The van der Waals surface area contributed by atoms with Gasteiger partial charge in [-0.2, -0.15) is 0 Å². The third-order valence-electron chi connectivity index (χ3n) is 3.74. The zero-order chi connectivity index (χ0) is 18.0. The van der Waals surface area contributed by atoms with Crippen molar-refractivity contribution < 1.29 is 9.72 Å². The van der Waals surface area contributed by atoms with Gasteiger partial charge in [0.2, 0.25) is 0 Å². The van der Waals surface area contributed by atoms with Crippen LogP contribution in [0.4, 0.5) is 11.4 Å². The lowest BCUT2D eigenvalue weighted by atomic mass is 10.2. The van der Waals surface area contributed by atoms with Crippen molar-refractivity contribution in [1.29, 1.82) is 0 Å². The third kappa shape index (κ3) is 3.61. The van der Waals surface area contributed by atoms with E-state index in [4.69, 9.17) is 0 Å². The number of nitro groups is 1. The smallest absolute Gasteiger partial charge is 0.269 e. The van der Waals surface area contributed by atoms with Crippen molar-refractivity contribution in [2.75, 3.05) is 7.05 Å². The standard InChI is InChI=1S/C18H15N3O3S/c1-12-5-3-4-6-15(12)19-18-20(2)17(22)16(25-18)11-13-7-9-14(10-8-13)21(23)24/h3-11H,1-2H3/b16-11+,19-18?. The fourth-order valence-electron chi connectivity index (χ4n) is 2.29. The second-order valence-corrected chi connectivity index (χ2v) is 6.51. The summed E-state index contributed by atoms with van der Waals surface area (Å²) in [5.74, 6) is -0.143. The van der Waals surface area contributed by atoms with Crippen LogP contribution in [-0.2, 0) is 4.79 Å². The van der Waals surface area contributed by atoms with E-state index in [1.54, 1.807) is 25.3 Å². The molecule has 0 N–H and O–H groups in total. The highest BCUT2D eigenvalue weighted by Crippen LogP contribution is 2.33. The first kappa shape index (κ1) is 16.9. The minimum absolute atomic E-state index is 0.0199.